The number of hydrogen-bond donors (Lipinski definition) is 1. The molecule has 0 aliphatic rings. The number of imidazole rings is 1. The van der Waals surface area contributed by atoms with Gasteiger partial charge in [0.1, 0.15) is 5.65 Å². The molecule has 0 bridgehead atoms. The molecule has 4 nitrogen and oxygen atoms in total. The number of fused-ring (bicyclic) bond motifs is 2. The van der Waals surface area contributed by atoms with Gasteiger partial charge in [0.05, 0.1) is 11.4 Å². The van der Waals surface area contributed by atoms with Gasteiger partial charge in [-0.1, -0.05) is 55.5 Å². The molecule has 0 aliphatic heterocycles. The maximum Gasteiger partial charge on any atom is 0.220 e. The largest absolute Gasteiger partial charge is 0.356 e. The Kier molecular flexibility index (Phi) is 5.73. The summed E-state index contributed by atoms with van der Waals surface area (Å²) < 4.78 is 3.45. The van der Waals surface area contributed by atoms with E-state index in [0.29, 0.717) is 19.4 Å². The van der Waals surface area contributed by atoms with Gasteiger partial charge >= 0.3 is 0 Å². The van der Waals surface area contributed by atoms with E-state index in [0.717, 1.165) is 34.6 Å². The lowest BCUT2D eigenvalue weighted by Crippen LogP contribution is -2.24. The van der Waals surface area contributed by atoms with Gasteiger partial charge in [-0.2, -0.15) is 0 Å². The molecular formula is C27H25N3OS. The molecule has 1 N–H and O–H groups in total. The molecule has 0 atom stereocenters. The lowest BCUT2D eigenvalue weighted by Gasteiger charge is -2.07. The number of aromatic nitrogens is 2. The predicted octanol–water partition coefficient (Wildman–Crippen LogP) is 6.34. The number of carbonyl (C=O) groups is 1. The van der Waals surface area contributed by atoms with Gasteiger partial charge in [-0.25, -0.2) is 4.98 Å². The standard InChI is InChI=1S/C27H25N3OS/c1-2-16-28-26(31)15-13-22-27(19-8-4-3-5-9-19)29-25-14-12-21(18-30(22)25)24-17-20-10-6-7-11-23(20)32-24/h3-12,14,17-18H,2,13,15-16H2,1H3,(H,28,31). The Bertz CT molecular complexity index is 1350. The van der Waals surface area contributed by atoms with Crippen LogP contribution < -0.4 is 5.32 Å². The Labute approximate surface area is 191 Å². The number of pyridine rings is 1. The van der Waals surface area contributed by atoms with Gasteiger partial charge < -0.3 is 9.72 Å². The number of benzene rings is 2. The highest BCUT2D eigenvalue weighted by molar-refractivity contribution is 7.22. The number of nitrogens with one attached hydrogen (secondary N) is 1. The minimum absolute atomic E-state index is 0.0847. The molecule has 0 saturated carbocycles. The first-order chi connectivity index (χ1) is 15.7. The van der Waals surface area contributed by atoms with Gasteiger partial charge in [0.2, 0.25) is 5.91 Å². The first kappa shape index (κ1) is 20.5. The zero-order chi connectivity index (χ0) is 21.9. The fraction of sp³-hybridized carbons (Fsp3) is 0.185. The van der Waals surface area contributed by atoms with Crippen LogP contribution in [-0.2, 0) is 11.2 Å². The molecule has 0 aliphatic carbocycles. The summed E-state index contributed by atoms with van der Waals surface area (Å²) >= 11 is 1.80. The Hall–Kier alpha value is -3.44. The second-order valence-electron chi connectivity index (χ2n) is 7.92. The van der Waals surface area contributed by atoms with Crippen LogP contribution in [0.1, 0.15) is 25.5 Å². The molecular weight excluding hydrogens is 414 g/mol. The van der Waals surface area contributed by atoms with E-state index in [1.54, 1.807) is 11.3 Å². The van der Waals surface area contributed by atoms with Gasteiger partial charge in [-0.05, 0) is 42.5 Å². The van der Waals surface area contributed by atoms with E-state index in [-0.39, 0.29) is 5.91 Å². The highest BCUT2D eigenvalue weighted by Crippen LogP contribution is 2.34. The molecule has 3 aromatic heterocycles. The topological polar surface area (TPSA) is 46.4 Å². The lowest BCUT2D eigenvalue weighted by atomic mass is 10.1. The first-order valence-corrected chi connectivity index (χ1v) is 11.9. The van der Waals surface area contributed by atoms with Crippen molar-refractivity contribution < 1.29 is 4.79 Å². The second-order valence-corrected chi connectivity index (χ2v) is 9.00. The van der Waals surface area contributed by atoms with Gasteiger partial charge in [0, 0.05) is 39.9 Å². The van der Waals surface area contributed by atoms with E-state index >= 15 is 0 Å². The number of rotatable bonds is 7. The number of nitrogens with zero attached hydrogens (tertiary/aromatic N) is 2. The van der Waals surface area contributed by atoms with Gasteiger partial charge in [0.15, 0.2) is 0 Å². The van der Waals surface area contributed by atoms with E-state index in [1.165, 1.54) is 15.0 Å². The van der Waals surface area contributed by atoms with E-state index in [4.69, 9.17) is 4.98 Å². The van der Waals surface area contributed by atoms with Crippen molar-refractivity contribution in [2.24, 2.45) is 0 Å². The van der Waals surface area contributed by atoms with Crippen molar-refractivity contribution in [1.82, 2.24) is 14.7 Å². The molecule has 1 amide bonds. The smallest absolute Gasteiger partial charge is 0.220 e. The van der Waals surface area contributed by atoms with Gasteiger partial charge in [-0.15, -0.1) is 11.3 Å². The fourth-order valence-corrected chi connectivity index (χ4v) is 5.07. The SMILES string of the molecule is CCCNC(=O)CCc1c(-c2ccccc2)nc2ccc(-c3cc4ccccc4s3)cn12. The normalized spacial score (nSPS) is 11.3. The van der Waals surface area contributed by atoms with Crippen molar-refractivity contribution in [3.63, 3.8) is 0 Å². The number of amides is 1. The highest BCUT2D eigenvalue weighted by atomic mass is 32.1. The Morgan fingerprint density at radius 2 is 1.81 bits per heavy atom. The summed E-state index contributed by atoms with van der Waals surface area (Å²) in [6.45, 7) is 2.78. The summed E-state index contributed by atoms with van der Waals surface area (Å²) in [5.74, 6) is 0.0847. The van der Waals surface area contributed by atoms with E-state index < -0.39 is 0 Å². The van der Waals surface area contributed by atoms with E-state index in [9.17, 15) is 4.79 Å². The van der Waals surface area contributed by atoms with Crippen molar-refractivity contribution in [2.45, 2.75) is 26.2 Å². The summed E-state index contributed by atoms with van der Waals surface area (Å²) in [4.78, 5) is 18.5. The molecule has 3 heterocycles. The van der Waals surface area contributed by atoms with Crippen LogP contribution >= 0.6 is 11.3 Å². The highest BCUT2D eigenvalue weighted by Gasteiger charge is 2.16. The summed E-state index contributed by atoms with van der Waals surface area (Å²) in [7, 11) is 0. The molecule has 0 spiro atoms. The molecule has 2 aromatic carbocycles. The van der Waals surface area contributed by atoms with Crippen LogP contribution in [-0.4, -0.2) is 21.8 Å². The minimum atomic E-state index is 0.0847. The fourth-order valence-electron chi connectivity index (χ4n) is 4.01. The van der Waals surface area contributed by atoms with Gasteiger partial charge in [-0.3, -0.25) is 4.79 Å². The van der Waals surface area contributed by atoms with Crippen LogP contribution in [0, 0.1) is 0 Å². The van der Waals surface area contributed by atoms with Crippen LogP contribution in [0.4, 0.5) is 0 Å². The van der Waals surface area contributed by atoms with Crippen molar-refractivity contribution in [1.29, 1.82) is 0 Å². The zero-order valence-corrected chi connectivity index (χ0v) is 18.9. The van der Waals surface area contributed by atoms with Crippen LogP contribution in [0.5, 0.6) is 0 Å². The predicted molar refractivity (Wildman–Crippen MR) is 133 cm³/mol. The van der Waals surface area contributed by atoms with Crippen LogP contribution in [0.25, 0.3) is 37.4 Å². The summed E-state index contributed by atoms with van der Waals surface area (Å²) in [6.07, 6.45) is 4.19. The van der Waals surface area contributed by atoms with Gasteiger partial charge in [0.25, 0.3) is 0 Å². The van der Waals surface area contributed by atoms with Crippen LogP contribution in [0.2, 0.25) is 0 Å². The molecule has 0 unspecified atom stereocenters. The summed E-state index contributed by atoms with van der Waals surface area (Å²) in [6, 6.07) is 25.1. The maximum absolute atomic E-state index is 12.3. The number of carbonyl (C=O) groups excluding carboxylic acids is 1. The molecule has 0 radical (unpaired) electrons. The Morgan fingerprint density at radius 1 is 1.00 bits per heavy atom. The quantitative estimate of drug-likeness (QED) is 0.321. The number of hydrogen-bond acceptors (Lipinski definition) is 3. The maximum atomic E-state index is 12.3. The summed E-state index contributed by atoms with van der Waals surface area (Å²) in [5.41, 5.74) is 5.15. The van der Waals surface area contributed by atoms with E-state index in [1.807, 2.05) is 18.2 Å². The van der Waals surface area contributed by atoms with Crippen molar-refractivity contribution in [2.75, 3.05) is 6.54 Å². The monoisotopic (exact) mass is 439 g/mol. The third kappa shape index (κ3) is 4.04. The minimum Gasteiger partial charge on any atom is -0.356 e. The molecule has 5 aromatic rings. The summed E-state index contributed by atoms with van der Waals surface area (Å²) in [5, 5.41) is 4.25. The molecule has 0 saturated heterocycles. The van der Waals surface area contributed by atoms with E-state index in [2.05, 4.69) is 77.4 Å². The average Bonchev–Trinajstić information content (AvgIpc) is 3.43. The molecule has 32 heavy (non-hydrogen) atoms. The second kappa shape index (κ2) is 8.97. The first-order valence-electron chi connectivity index (χ1n) is 11.0. The molecule has 160 valence electrons. The Balaban J connectivity index is 1.57. The van der Waals surface area contributed by atoms with Crippen molar-refractivity contribution in [3.8, 4) is 21.7 Å². The molecule has 5 rings (SSSR count). The number of aryl methyl sites for hydroxylation is 1. The lowest BCUT2D eigenvalue weighted by molar-refractivity contribution is -0.121. The Morgan fingerprint density at radius 3 is 2.62 bits per heavy atom. The van der Waals surface area contributed by atoms with Crippen LogP contribution in [0.15, 0.2) is 79.0 Å². The molecule has 0 fully saturated rings. The van der Waals surface area contributed by atoms with Crippen LogP contribution in [0.3, 0.4) is 0 Å². The molecule has 5 heteroatoms. The average molecular weight is 440 g/mol. The van der Waals surface area contributed by atoms with Crippen molar-refractivity contribution >= 4 is 33.0 Å². The zero-order valence-electron chi connectivity index (χ0n) is 18.0. The van der Waals surface area contributed by atoms with Crippen molar-refractivity contribution in [3.05, 3.63) is 84.7 Å². The third-order valence-corrected chi connectivity index (χ3v) is 6.80. The number of thiophene rings is 1. The third-order valence-electron chi connectivity index (χ3n) is 5.64.